The van der Waals surface area contributed by atoms with Gasteiger partial charge in [0.25, 0.3) is 0 Å². The van der Waals surface area contributed by atoms with Crippen LogP contribution in [-0.4, -0.2) is 23.7 Å². The van der Waals surface area contributed by atoms with E-state index in [0.717, 1.165) is 11.3 Å². The summed E-state index contributed by atoms with van der Waals surface area (Å²) in [7, 11) is 1.58. The number of nitrogens with two attached hydrogens (primary N) is 1. The van der Waals surface area contributed by atoms with Gasteiger partial charge >= 0.3 is 5.97 Å². The summed E-state index contributed by atoms with van der Waals surface area (Å²) < 4.78 is 5.02. The maximum Gasteiger partial charge on any atom is 0.325 e. The third-order valence-corrected chi connectivity index (χ3v) is 2.51. The van der Waals surface area contributed by atoms with E-state index in [1.54, 1.807) is 26.2 Å². The van der Waals surface area contributed by atoms with Crippen LogP contribution in [0.4, 0.5) is 0 Å². The molecule has 0 fully saturated rings. The lowest BCUT2D eigenvalue weighted by Crippen LogP contribution is -2.54. The Kier molecular flexibility index (Phi) is 3.87. The third-order valence-electron chi connectivity index (χ3n) is 2.51. The fraction of sp³-hybridized carbons (Fsp3) is 0.364. The fourth-order valence-electron chi connectivity index (χ4n) is 1.34. The van der Waals surface area contributed by atoms with Crippen LogP contribution in [0.1, 0.15) is 12.5 Å². The summed E-state index contributed by atoms with van der Waals surface area (Å²) in [4.78, 5) is 11.0. The van der Waals surface area contributed by atoms with Crippen LogP contribution in [-0.2, 0) is 11.2 Å². The molecule has 0 saturated heterocycles. The first-order chi connectivity index (χ1) is 7.51. The summed E-state index contributed by atoms with van der Waals surface area (Å²) >= 11 is 0. The number of carbonyl (C=O) groups is 1. The minimum atomic E-state index is -1.16. The van der Waals surface area contributed by atoms with Gasteiger partial charge in [0, 0.05) is 6.42 Å². The molecule has 0 aliphatic heterocycles. The summed E-state index contributed by atoms with van der Waals surface area (Å²) in [6.07, 6.45) is 0.308. The normalized spacial score (nSPS) is 14.2. The van der Waals surface area contributed by atoms with Gasteiger partial charge in [-0.15, -0.1) is 0 Å². The maximum absolute atomic E-state index is 11.0. The van der Waals surface area contributed by atoms with Gasteiger partial charge in [-0.2, -0.15) is 0 Å². The number of hydrazine groups is 1. The van der Waals surface area contributed by atoms with Gasteiger partial charge in [0.05, 0.1) is 7.11 Å². The summed E-state index contributed by atoms with van der Waals surface area (Å²) in [5, 5.41) is 9.03. The van der Waals surface area contributed by atoms with Gasteiger partial charge in [0.15, 0.2) is 0 Å². The Morgan fingerprint density at radius 2 is 2.06 bits per heavy atom. The second-order valence-electron chi connectivity index (χ2n) is 3.81. The molecule has 1 atom stereocenters. The first kappa shape index (κ1) is 12.5. The van der Waals surface area contributed by atoms with Crippen LogP contribution in [0.15, 0.2) is 24.3 Å². The Morgan fingerprint density at radius 1 is 1.50 bits per heavy atom. The molecule has 0 aliphatic carbocycles. The van der Waals surface area contributed by atoms with E-state index in [9.17, 15) is 4.79 Å². The number of rotatable bonds is 5. The number of methoxy groups -OCH3 is 1. The van der Waals surface area contributed by atoms with E-state index in [1.165, 1.54) is 0 Å². The lowest BCUT2D eigenvalue weighted by Gasteiger charge is -2.23. The van der Waals surface area contributed by atoms with E-state index in [0.29, 0.717) is 6.42 Å². The molecule has 1 aromatic carbocycles. The first-order valence-corrected chi connectivity index (χ1v) is 4.86. The highest BCUT2D eigenvalue weighted by atomic mass is 16.5. The predicted octanol–water partition coefficient (Wildman–Crippen LogP) is 0.544. The van der Waals surface area contributed by atoms with Gasteiger partial charge in [-0.3, -0.25) is 10.6 Å². The number of carboxylic acids is 1. The van der Waals surface area contributed by atoms with E-state index in [-0.39, 0.29) is 0 Å². The SMILES string of the molecule is COc1ccc(CC(C)(NN)C(=O)O)cc1. The van der Waals surface area contributed by atoms with Crippen molar-refractivity contribution in [2.24, 2.45) is 5.84 Å². The zero-order chi connectivity index (χ0) is 12.2. The quantitative estimate of drug-likeness (QED) is 0.502. The average Bonchev–Trinajstić information content (AvgIpc) is 2.29. The highest BCUT2D eigenvalue weighted by Gasteiger charge is 2.31. The summed E-state index contributed by atoms with van der Waals surface area (Å²) in [5.41, 5.74) is 2.04. The van der Waals surface area contributed by atoms with Crippen molar-refractivity contribution in [3.63, 3.8) is 0 Å². The Morgan fingerprint density at radius 3 is 2.44 bits per heavy atom. The molecule has 1 unspecified atom stereocenters. The Labute approximate surface area is 94.2 Å². The number of carboxylic acid groups (broad SMARTS) is 1. The van der Waals surface area contributed by atoms with Gasteiger partial charge in [-0.25, -0.2) is 5.43 Å². The Hall–Kier alpha value is -1.59. The molecule has 0 radical (unpaired) electrons. The number of hydrogen-bond donors (Lipinski definition) is 3. The van der Waals surface area contributed by atoms with E-state index in [2.05, 4.69) is 5.43 Å². The van der Waals surface area contributed by atoms with E-state index >= 15 is 0 Å². The lowest BCUT2D eigenvalue weighted by atomic mass is 9.94. The molecule has 0 spiro atoms. The zero-order valence-corrected chi connectivity index (χ0v) is 9.36. The molecule has 0 aliphatic rings. The molecule has 4 N–H and O–H groups in total. The molecular formula is C11H16N2O3. The van der Waals surface area contributed by atoms with Crippen molar-refractivity contribution in [2.75, 3.05) is 7.11 Å². The maximum atomic E-state index is 11.0. The molecule has 0 saturated carbocycles. The van der Waals surface area contributed by atoms with Crippen LogP contribution in [0.25, 0.3) is 0 Å². The van der Waals surface area contributed by atoms with Gasteiger partial charge in [0.1, 0.15) is 11.3 Å². The molecule has 1 rings (SSSR count). The molecule has 0 bridgehead atoms. The van der Waals surface area contributed by atoms with Crippen molar-refractivity contribution in [3.05, 3.63) is 29.8 Å². The van der Waals surface area contributed by atoms with Gasteiger partial charge in [0.2, 0.25) is 0 Å². The smallest absolute Gasteiger partial charge is 0.325 e. The fourth-order valence-corrected chi connectivity index (χ4v) is 1.34. The number of aliphatic carboxylic acids is 1. The number of hydrogen-bond acceptors (Lipinski definition) is 4. The summed E-state index contributed by atoms with van der Waals surface area (Å²) in [6.45, 7) is 1.54. The van der Waals surface area contributed by atoms with Crippen molar-refractivity contribution in [3.8, 4) is 5.75 Å². The van der Waals surface area contributed by atoms with Crippen LogP contribution in [0.2, 0.25) is 0 Å². The monoisotopic (exact) mass is 224 g/mol. The van der Waals surface area contributed by atoms with E-state index < -0.39 is 11.5 Å². The van der Waals surface area contributed by atoms with Crippen molar-refractivity contribution < 1.29 is 14.6 Å². The number of benzene rings is 1. The topological polar surface area (TPSA) is 84.6 Å². The Bertz CT molecular complexity index is 364. The van der Waals surface area contributed by atoms with Crippen molar-refractivity contribution in [2.45, 2.75) is 18.9 Å². The molecule has 0 heterocycles. The van der Waals surface area contributed by atoms with E-state index in [1.807, 2.05) is 12.1 Å². The third kappa shape index (κ3) is 2.71. The molecule has 88 valence electrons. The molecule has 16 heavy (non-hydrogen) atoms. The molecule has 0 amide bonds. The van der Waals surface area contributed by atoms with E-state index in [4.69, 9.17) is 15.7 Å². The van der Waals surface area contributed by atoms with Crippen LogP contribution in [0, 0.1) is 0 Å². The summed E-state index contributed by atoms with van der Waals surface area (Å²) in [5.74, 6) is 5.01. The molecule has 1 aromatic rings. The van der Waals surface area contributed by atoms with Crippen molar-refractivity contribution in [1.29, 1.82) is 0 Å². The second-order valence-corrected chi connectivity index (χ2v) is 3.81. The average molecular weight is 224 g/mol. The second kappa shape index (κ2) is 4.96. The first-order valence-electron chi connectivity index (χ1n) is 4.86. The van der Waals surface area contributed by atoms with Crippen molar-refractivity contribution >= 4 is 5.97 Å². The molecule has 5 nitrogen and oxygen atoms in total. The van der Waals surface area contributed by atoms with Crippen LogP contribution >= 0.6 is 0 Å². The highest BCUT2D eigenvalue weighted by molar-refractivity contribution is 5.78. The largest absolute Gasteiger partial charge is 0.497 e. The molecular weight excluding hydrogens is 208 g/mol. The van der Waals surface area contributed by atoms with Crippen LogP contribution in [0.5, 0.6) is 5.75 Å². The summed E-state index contributed by atoms with van der Waals surface area (Å²) in [6, 6.07) is 7.21. The number of nitrogens with one attached hydrogen (secondary N) is 1. The lowest BCUT2D eigenvalue weighted by molar-refractivity contribution is -0.144. The highest BCUT2D eigenvalue weighted by Crippen LogP contribution is 2.16. The molecule has 0 aromatic heterocycles. The van der Waals surface area contributed by atoms with Gasteiger partial charge < -0.3 is 9.84 Å². The minimum absolute atomic E-state index is 0.308. The zero-order valence-electron chi connectivity index (χ0n) is 9.36. The Balaban J connectivity index is 2.82. The van der Waals surface area contributed by atoms with Gasteiger partial charge in [-0.05, 0) is 24.6 Å². The minimum Gasteiger partial charge on any atom is -0.497 e. The standard InChI is InChI=1S/C11H16N2O3/c1-11(13-12,10(14)15)7-8-3-5-9(16-2)6-4-8/h3-6,13H,7,12H2,1-2H3,(H,14,15). The van der Waals surface area contributed by atoms with Gasteiger partial charge in [-0.1, -0.05) is 12.1 Å². The predicted molar refractivity (Wildman–Crippen MR) is 60.1 cm³/mol. The molecule has 5 heteroatoms. The van der Waals surface area contributed by atoms with Crippen LogP contribution in [0.3, 0.4) is 0 Å². The van der Waals surface area contributed by atoms with Crippen molar-refractivity contribution in [1.82, 2.24) is 5.43 Å². The van der Waals surface area contributed by atoms with Crippen LogP contribution < -0.4 is 16.0 Å². The number of ether oxygens (including phenoxy) is 1.